The van der Waals surface area contributed by atoms with E-state index in [1.807, 2.05) is 0 Å². The molecule has 2 rings (SSSR count). The lowest BCUT2D eigenvalue weighted by molar-refractivity contribution is -0.137. The molecule has 0 fully saturated rings. The highest BCUT2D eigenvalue weighted by atomic mass is 16.5. The zero-order valence-electron chi connectivity index (χ0n) is 8.46. The number of rotatable bonds is 3. The van der Waals surface area contributed by atoms with Gasteiger partial charge in [0.1, 0.15) is 12.4 Å². The number of phenolic OH excluding ortho intramolecular Hbond substituents is 1. The number of hydrogen-bond donors (Lipinski definition) is 2. The quantitative estimate of drug-likeness (QED) is 0.798. The van der Waals surface area contributed by atoms with E-state index >= 15 is 0 Å². The average Bonchev–Trinajstić information content (AvgIpc) is 2.65. The summed E-state index contributed by atoms with van der Waals surface area (Å²) >= 11 is 0. The van der Waals surface area contributed by atoms with Crippen LogP contribution in [0.2, 0.25) is 0 Å². The van der Waals surface area contributed by atoms with Crippen LogP contribution in [0.15, 0.2) is 29.3 Å². The summed E-state index contributed by atoms with van der Waals surface area (Å²) in [7, 11) is 0. The summed E-state index contributed by atoms with van der Waals surface area (Å²) in [4.78, 5) is 14.6. The first-order valence-electron chi connectivity index (χ1n) is 4.87. The highest BCUT2D eigenvalue weighted by molar-refractivity contribution is 5.95. The number of aliphatic carboxylic acids is 1. The van der Waals surface area contributed by atoms with Crippen molar-refractivity contribution >= 4 is 11.9 Å². The fourth-order valence-electron chi connectivity index (χ4n) is 1.52. The van der Waals surface area contributed by atoms with E-state index in [9.17, 15) is 9.90 Å². The molecule has 16 heavy (non-hydrogen) atoms. The van der Waals surface area contributed by atoms with Gasteiger partial charge in [0.15, 0.2) is 0 Å². The zero-order valence-corrected chi connectivity index (χ0v) is 8.46. The number of ether oxygens (including phenoxy) is 1. The van der Waals surface area contributed by atoms with E-state index in [-0.39, 0.29) is 24.8 Å². The van der Waals surface area contributed by atoms with Crippen molar-refractivity contribution in [2.24, 2.45) is 4.99 Å². The van der Waals surface area contributed by atoms with Crippen LogP contribution in [-0.2, 0) is 9.53 Å². The molecule has 1 heterocycles. The first kappa shape index (κ1) is 10.5. The highest BCUT2D eigenvalue weighted by Gasteiger charge is 2.22. The van der Waals surface area contributed by atoms with E-state index in [0.29, 0.717) is 11.5 Å². The molecule has 1 atom stereocenters. The fraction of sp³-hybridized carbons (Fsp3) is 0.273. The Morgan fingerprint density at radius 2 is 2.38 bits per heavy atom. The summed E-state index contributed by atoms with van der Waals surface area (Å²) in [5, 5.41) is 17.9. The van der Waals surface area contributed by atoms with Gasteiger partial charge in [-0.2, -0.15) is 0 Å². The van der Waals surface area contributed by atoms with E-state index < -0.39 is 5.97 Å². The number of hydrogen-bond acceptors (Lipinski definition) is 4. The summed E-state index contributed by atoms with van der Waals surface area (Å²) in [6.45, 7) is 0.275. The number of carboxylic acids is 1. The number of phenols is 1. The van der Waals surface area contributed by atoms with Gasteiger partial charge in [0.05, 0.1) is 12.5 Å². The Hall–Kier alpha value is -2.04. The van der Waals surface area contributed by atoms with E-state index in [1.54, 1.807) is 18.2 Å². The van der Waals surface area contributed by atoms with Gasteiger partial charge in [-0.3, -0.25) is 4.79 Å². The third kappa shape index (κ3) is 2.31. The van der Waals surface area contributed by atoms with Crippen LogP contribution >= 0.6 is 0 Å². The maximum Gasteiger partial charge on any atom is 0.305 e. The SMILES string of the molecule is O=C(O)CC1COC(c2cccc(O)c2)=N1. The summed E-state index contributed by atoms with van der Waals surface area (Å²) in [5.74, 6) is -0.373. The Bertz CT molecular complexity index is 441. The molecule has 0 radical (unpaired) electrons. The molecule has 5 nitrogen and oxygen atoms in total. The van der Waals surface area contributed by atoms with Gasteiger partial charge in [-0.05, 0) is 18.2 Å². The molecule has 2 N–H and O–H groups in total. The predicted octanol–water partition coefficient (Wildman–Crippen LogP) is 1.01. The second-order valence-electron chi connectivity index (χ2n) is 3.55. The van der Waals surface area contributed by atoms with Crippen LogP contribution < -0.4 is 0 Å². The van der Waals surface area contributed by atoms with Crippen LogP contribution in [-0.4, -0.2) is 34.7 Å². The maximum atomic E-state index is 10.5. The van der Waals surface area contributed by atoms with E-state index in [4.69, 9.17) is 9.84 Å². The van der Waals surface area contributed by atoms with Crippen molar-refractivity contribution in [3.8, 4) is 5.75 Å². The number of aliphatic imine (C=N–C) groups is 1. The minimum absolute atomic E-state index is 0.0394. The number of aromatic hydroxyl groups is 1. The molecule has 1 aliphatic rings. The van der Waals surface area contributed by atoms with Crippen molar-refractivity contribution in [1.29, 1.82) is 0 Å². The summed E-state index contributed by atoms with van der Waals surface area (Å²) in [6, 6.07) is 6.17. The third-order valence-corrected chi connectivity index (χ3v) is 2.22. The minimum Gasteiger partial charge on any atom is -0.508 e. The molecule has 0 saturated heterocycles. The van der Waals surface area contributed by atoms with Gasteiger partial charge in [0.25, 0.3) is 0 Å². The lowest BCUT2D eigenvalue weighted by Gasteiger charge is -2.01. The van der Waals surface area contributed by atoms with Crippen molar-refractivity contribution in [2.75, 3.05) is 6.61 Å². The molecule has 1 aromatic carbocycles. The first-order chi connectivity index (χ1) is 7.65. The molecular weight excluding hydrogens is 210 g/mol. The molecule has 1 aliphatic heterocycles. The van der Waals surface area contributed by atoms with Gasteiger partial charge in [0.2, 0.25) is 5.90 Å². The van der Waals surface area contributed by atoms with Crippen molar-refractivity contribution in [1.82, 2.24) is 0 Å². The Kier molecular flexibility index (Phi) is 2.76. The molecule has 0 aromatic heterocycles. The largest absolute Gasteiger partial charge is 0.508 e. The average molecular weight is 221 g/mol. The molecule has 84 valence electrons. The molecule has 1 aromatic rings. The molecule has 1 unspecified atom stereocenters. The highest BCUT2D eigenvalue weighted by Crippen LogP contribution is 2.17. The van der Waals surface area contributed by atoms with E-state index in [1.165, 1.54) is 6.07 Å². The molecular formula is C11H11NO4. The van der Waals surface area contributed by atoms with E-state index in [0.717, 1.165) is 0 Å². The number of carbonyl (C=O) groups is 1. The molecule has 0 spiro atoms. The Morgan fingerprint density at radius 1 is 1.56 bits per heavy atom. The van der Waals surface area contributed by atoms with Crippen LogP contribution in [0.5, 0.6) is 5.75 Å². The fourth-order valence-corrected chi connectivity index (χ4v) is 1.52. The summed E-state index contributed by atoms with van der Waals surface area (Å²) < 4.78 is 5.28. The van der Waals surface area contributed by atoms with Gasteiger partial charge in [-0.1, -0.05) is 6.07 Å². The second kappa shape index (κ2) is 4.22. The van der Waals surface area contributed by atoms with Gasteiger partial charge in [0, 0.05) is 5.56 Å². The molecule has 5 heteroatoms. The van der Waals surface area contributed by atoms with Gasteiger partial charge in [-0.15, -0.1) is 0 Å². The Labute approximate surface area is 92.0 Å². The van der Waals surface area contributed by atoms with Crippen molar-refractivity contribution in [3.05, 3.63) is 29.8 Å². The molecule has 0 amide bonds. The molecule has 0 aliphatic carbocycles. The van der Waals surface area contributed by atoms with Crippen molar-refractivity contribution in [2.45, 2.75) is 12.5 Å². The lowest BCUT2D eigenvalue weighted by atomic mass is 10.2. The van der Waals surface area contributed by atoms with Gasteiger partial charge in [-0.25, -0.2) is 4.99 Å². The molecule has 0 saturated carbocycles. The van der Waals surface area contributed by atoms with Crippen molar-refractivity contribution in [3.63, 3.8) is 0 Å². The predicted molar refractivity (Wildman–Crippen MR) is 56.6 cm³/mol. The number of benzene rings is 1. The normalized spacial score (nSPS) is 19.0. The number of carboxylic acid groups (broad SMARTS) is 1. The van der Waals surface area contributed by atoms with Gasteiger partial charge < -0.3 is 14.9 Å². The monoisotopic (exact) mass is 221 g/mol. The molecule has 0 bridgehead atoms. The summed E-state index contributed by atoms with van der Waals surface area (Å²) in [5.41, 5.74) is 0.660. The van der Waals surface area contributed by atoms with Crippen LogP contribution in [0.3, 0.4) is 0 Å². The second-order valence-corrected chi connectivity index (χ2v) is 3.55. The van der Waals surface area contributed by atoms with E-state index in [2.05, 4.69) is 4.99 Å². The van der Waals surface area contributed by atoms with Crippen molar-refractivity contribution < 1.29 is 19.7 Å². The topological polar surface area (TPSA) is 79.1 Å². The summed E-state index contributed by atoms with van der Waals surface area (Å²) in [6.07, 6.45) is -0.0394. The van der Waals surface area contributed by atoms with Gasteiger partial charge >= 0.3 is 5.97 Å². The first-order valence-corrected chi connectivity index (χ1v) is 4.87. The van der Waals surface area contributed by atoms with Crippen LogP contribution in [0, 0.1) is 0 Å². The number of nitrogens with zero attached hydrogens (tertiary/aromatic N) is 1. The zero-order chi connectivity index (χ0) is 11.5. The minimum atomic E-state index is -0.894. The van der Waals surface area contributed by atoms with Crippen LogP contribution in [0.4, 0.5) is 0 Å². The smallest absolute Gasteiger partial charge is 0.305 e. The van der Waals surface area contributed by atoms with Crippen LogP contribution in [0.25, 0.3) is 0 Å². The maximum absolute atomic E-state index is 10.5. The van der Waals surface area contributed by atoms with Crippen LogP contribution in [0.1, 0.15) is 12.0 Å². The standard InChI is InChI=1S/C11H11NO4/c13-9-3-1-2-7(4-9)11-12-8(6-16-11)5-10(14)15/h1-4,8,13H,5-6H2,(H,14,15). The Morgan fingerprint density at radius 3 is 3.06 bits per heavy atom. The lowest BCUT2D eigenvalue weighted by Crippen LogP contribution is -2.12. The Balaban J connectivity index is 2.14. The third-order valence-electron chi connectivity index (χ3n) is 2.22.